The van der Waals surface area contributed by atoms with Crippen molar-refractivity contribution in [1.29, 1.82) is 0 Å². The highest BCUT2D eigenvalue weighted by Gasteiger charge is 2.09. The SMILES string of the molecule is CCCc1cc(=O)[nH]c(Sc2nc(Cl)nc(NCC)n2)n1. The molecule has 9 heteroatoms. The summed E-state index contributed by atoms with van der Waals surface area (Å²) >= 11 is 7.00. The highest BCUT2D eigenvalue weighted by atomic mass is 35.5. The van der Waals surface area contributed by atoms with Crippen molar-refractivity contribution < 1.29 is 0 Å². The average molecular weight is 327 g/mol. The molecule has 0 aliphatic heterocycles. The van der Waals surface area contributed by atoms with Crippen LogP contribution in [0.15, 0.2) is 21.2 Å². The van der Waals surface area contributed by atoms with Crippen LogP contribution in [0, 0.1) is 0 Å². The lowest BCUT2D eigenvalue weighted by Gasteiger charge is -2.05. The lowest BCUT2D eigenvalue weighted by Crippen LogP contribution is -2.10. The largest absolute Gasteiger partial charge is 0.354 e. The summed E-state index contributed by atoms with van der Waals surface area (Å²) < 4.78 is 0. The van der Waals surface area contributed by atoms with Crippen molar-refractivity contribution in [1.82, 2.24) is 24.9 Å². The van der Waals surface area contributed by atoms with Gasteiger partial charge in [0.1, 0.15) is 0 Å². The van der Waals surface area contributed by atoms with E-state index in [0.29, 0.717) is 22.8 Å². The monoisotopic (exact) mass is 326 g/mol. The molecule has 0 amide bonds. The van der Waals surface area contributed by atoms with Gasteiger partial charge in [-0.3, -0.25) is 4.79 Å². The summed E-state index contributed by atoms with van der Waals surface area (Å²) in [7, 11) is 0. The Bertz CT molecular complexity index is 677. The van der Waals surface area contributed by atoms with E-state index in [4.69, 9.17) is 11.6 Å². The second-order valence-electron chi connectivity index (χ2n) is 4.13. The molecule has 7 nitrogen and oxygen atoms in total. The van der Waals surface area contributed by atoms with Crippen LogP contribution in [-0.4, -0.2) is 31.5 Å². The molecule has 0 spiro atoms. The topological polar surface area (TPSA) is 96.5 Å². The molecule has 2 rings (SSSR count). The Morgan fingerprint density at radius 2 is 2.10 bits per heavy atom. The molecule has 112 valence electrons. The molecular formula is C12H15ClN6OS. The molecule has 0 aromatic carbocycles. The highest BCUT2D eigenvalue weighted by molar-refractivity contribution is 7.99. The number of anilines is 1. The first-order chi connectivity index (χ1) is 10.1. The van der Waals surface area contributed by atoms with E-state index in [9.17, 15) is 4.79 Å². The third-order valence-corrected chi connectivity index (χ3v) is 3.31. The van der Waals surface area contributed by atoms with Gasteiger partial charge < -0.3 is 10.3 Å². The number of aromatic amines is 1. The molecule has 21 heavy (non-hydrogen) atoms. The predicted molar refractivity (Wildman–Crippen MR) is 82.0 cm³/mol. The molecule has 2 aromatic heterocycles. The zero-order valence-corrected chi connectivity index (χ0v) is 13.3. The van der Waals surface area contributed by atoms with Crippen molar-refractivity contribution in [3.8, 4) is 0 Å². The van der Waals surface area contributed by atoms with E-state index >= 15 is 0 Å². The second kappa shape index (κ2) is 7.37. The summed E-state index contributed by atoms with van der Waals surface area (Å²) in [5.74, 6) is 0.395. The Morgan fingerprint density at radius 3 is 2.81 bits per heavy atom. The van der Waals surface area contributed by atoms with Crippen LogP contribution >= 0.6 is 23.4 Å². The molecule has 0 fully saturated rings. The van der Waals surface area contributed by atoms with Crippen molar-refractivity contribution >= 4 is 29.3 Å². The Hall–Kier alpha value is -1.67. The third kappa shape index (κ3) is 4.68. The Balaban J connectivity index is 2.27. The smallest absolute Gasteiger partial charge is 0.251 e. The van der Waals surface area contributed by atoms with E-state index in [1.807, 2.05) is 13.8 Å². The van der Waals surface area contributed by atoms with Gasteiger partial charge in [0.2, 0.25) is 16.4 Å². The summed E-state index contributed by atoms with van der Waals surface area (Å²) in [6, 6.07) is 1.50. The third-order valence-electron chi connectivity index (χ3n) is 2.39. The molecule has 0 saturated carbocycles. The van der Waals surface area contributed by atoms with Crippen LogP contribution in [-0.2, 0) is 6.42 Å². The number of H-pyrrole nitrogens is 1. The van der Waals surface area contributed by atoms with Gasteiger partial charge in [0.15, 0.2) is 5.16 Å². The molecule has 2 heterocycles. The molecule has 2 aromatic rings. The fourth-order valence-electron chi connectivity index (χ4n) is 1.62. The summed E-state index contributed by atoms with van der Waals surface area (Å²) in [6.45, 7) is 4.63. The minimum absolute atomic E-state index is 0.0931. The van der Waals surface area contributed by atoms with E-state index in [1.54, 1.807) is 0 Å². The van der Waals surface area contributed by atoms with Gasteiger partial charge in [0.05, 0.1) is 0 Å². The van der Waals surface area contributed by atoms with E-state index in [2.05, 4.69) is 30.2 Å². The lowest BCUT2D eigenvalue weighted by atomic mass is 10.2. The molecule has 0 aliphatic rings. The first-order valence-corrected chi connectivity index (χ1v) is 7.73. The minimum Gasteiger partial charge on any atom is -0.354 e. The van der Waals surface area contributed by atoms with Crippen LogP contribution in [0.4, 0.5) is 5.95 Å². The maximum Gasteiger partial charge on any atom is 0.251 e. The average Bonchev–Trinajstić information content (AvgIpc) is 2.37. The van der Waals surface area contributed by atoms with Gasteiger partial charge in [0, 0.05) is 18.3 Å². The Labute approximate surface area is 131 Å². The molecule has 0 radical (unpaired) electrons. The molecule has 0 unspecified atom stereocenters. The van der Waals surface area contributed by atoms with Gasteiger partial charge >= 0.3 is 0 Å². The van der Waals surface area contributed by atoms with Gasteiger partial charge in [-0.25, -0.2) is 4.98 Å². The minimum atomic E-state index is -0.192. The Morgan fingerprint density at radius 1 is 1.29 bits per heavy atom. The number of nitrogens with one attached hydrogen (secondary N) is 2. The molecular weight excluding hydrogens is 312 g/mol. The molecule has 0 bridgehead atoms. The maximum atomic E-state index is 11.6. The zero-order valence-electron chi connectivity index (χ0n) is 11.7. The second-order valence-corrected chi connectivity index (χ2v) is 5.43. The number of halogens is 1. The molecule has 0 aliphatic carbocycles. The van der Waals surface area contributed by atoms with Crippen LogP contribution in [0.2, 0.25) is 5.28 Å². The van der Waals surface area contributed by atoms with Crippen LogP contribution in [0.3, 0.4) is 0 Å². The van der Waals surface area contributed by atoms with Crippen molar-refractivity contribution in [3.05, 3.63) is 27.4 Å². The normalized spacial score (nSPS) is 10.6. The van der Waals surface area contributed by atoms with Crippen LogP contribution < -0.4 is 10.9 Å². The first-order valence-electron chi connectivity index (χ1n) is 6.54. The van der Waals surface area contributed by atoms with Gasteiger partial charge in [-0.05, 0) is 36.7 Å². The van der Waals surface area contributed by atoms with Gasteiger partial charge in [-0.2, -0.15) is 15.0 Å². The fraction of sp³-hybridized carbons (Fsp3) is 0.417. The van der Waals surface area contributed by atoms with Crippen LogP contribution in [0.1, 0.15) is 26.0 Å². The highest BCUT2D eigenvalue weighted by Crippen LogP contribution is 2.22. The molecule has 0 saturated heterocycles. The van der Waals surface area contributed by atoms with E-state index in [0.717, 1.165) is 30.3 Å². The van der Waals surface area contributed by atoms with Gasteiger partial charge in [-0.15, -0.1) is 0 Å². The Kier molecular flexibility index (Phi) is 5.51. The molecule has 2 N–H and O–H groups in total. The fourth-order valence-corrected chi connectivity index (χ4v) is 2.58. The number of aromatic nitrogens is 5. The maximum absolute atomic E-state index is 11.6. The van der Waals surface area contributed by atoms with Crippen molar-refractivity contribution in [2.75, 3.05) is 11.9 Å². The summed E-state index contributed by atoms with van der Waals surface area (Å²) in [6.07, 6.45) is 1.67. The lowest BCUT2D eigenvalue weighted by molar-refractivity contribution is 0.811. The van der Waals surface area contributed by atoms with Crippen molar-refractivity contribution in [3.63, 3.8) is 0 Å². The van der Waals surface area contributed by atoms with Crippen molar-refractivity contribution in [2.24, 2.45) is 0 Å². The summed E-state index contributed by atoms with van der Waals surface area (Å²) in [5, 5.41) is 3.88. The number of nitrogens with zero attached hydrogens (tertiary/aromatic N) is 4. The first kappa shape index (κ1) is 15.7. The summed E-state index contributed by atoms with van der Waals surface area (Å²) in [4.78, 5) is 30.8. The van der Waals surface area contributed by atoms with E-state index in [1.165, 1.54) is 6.07 Å². The quantitative estimate of drug-likeness (QED) is 0.785. The van der Waals surface area contributed by atoms with Crippen LogP contribution in [0.25, 0.3) is 0 Å². The predicted octanol–water partition coefficient (Wildman–Crippen LogP) is 2.14. The summed E-state index contributed by atoms with van der Waals surface area (Å²) in [5.41, 5.74) is 0.554. The number of hydrogen-bond donors (Lipinski definition) is 2. The number of rotatable bonds is 6. The number of hydrogen-bond acceptors (Lipinski definition) is 7. The number of aryl methyl sites for hydroxylation is 1. The molecule has 0 atom stereocenters. The van der Waals surface area contributed by atoms with Gasteiger partial charge in [0.25, 0.3) is 5.56 Å². The zero-order chi connectivity index (χ0) is 15.2. The van der Waals surface area contributed by atoms with Crippen molar-refractivity contribution in [2.45, 2.75) is 37.0 Å². The van der Waals surface area contributed by atoms with E-state index < -0.39 is 0 Å². The van der Waals surface area contributed by atoms with Crippen LogP contribution in [0.5, 0.6) is 0 Å². The van der Waals surface area contributed by atoms with E-state index in [-0.39, 0.29) is 10.8 Å². The standard InChI is InChI=1S/C12H15ClN6OS/c1-3-5-7-6-8(20)16-11(15-7)21-12-18-9(13)17-10(19-12)14-4-2/h6H,3-5H2,1-2H3,(H,15,16,20)(H,14,17,18,19). The van der Waals surface area contributed by atoms with Gasteiger partial charge in [-0.1, -0.05) is 13.3 Å².